The van der Waals surface area contributed by atoms with Crippen molar-refractivity contribution in [3.63, 3.8) is 0 Å². The van der Waals surface area contributed by atoms with Gasteiger partial charge < -0.3 is 10.1 Å². The summed E-state index contributed by atoms with van der Waals surface area (Å²) in [5.74, 6) is -0.153. The van der Waals surface area contributed by atoms with Gasteiger partial charge in [0.1, 0.15) is 5.82 Å². The van der Waals surface area contributed by atoms with E-state index in [9.17, 15) is 4.39 Å². The molecule has 1 aromatic rings. The molecule has 1 aliphatic heterocycles. The highest BCUT2D eigenvalue weighted by atomic mass is 19.1. The number of piperazine rings is 1. The molecule has 0 amide bonds. The highest BCUT2D eigenvalue weighted by Gasteiger charge is 2.31. The molecular weight excluding hydrogens is 257 g/mol. The lowest BCUT2D eigenvalue weighted by molar-refractivity contribution is 0.220. The van der Waals surface area contributed by atoms with Gasteiger partial charge in [-0.1, -0.05) is 17.3 Å². The molecule has 1 N–H and O–H groups in total. The van der Waals surface area contributed by atoms with Crippen LogP contribution in [-0.2, 0) is 0 Å². The summed E-state index contributed by atoms with van der Waals surface area (Å²) in [4.78, 5) is 4.45. The van der Waals surface area contributed by atoms with Crippen LogP contribution >= 0.6 is 0 Å². The van der Waals surface area contributed by atoms with Crippen molar-refractivity contribution in [1.82, 2.24) is 4.90 Å². The van der Waals surface area contributed by atoms with E-state index in [0.29, 0.717) is 5.69 Å². The highest BCUT2D eigenvalue weighted by molar-refractivity contribution is 5.90. The molecule has 1 heterocycles. The quantitative estimate of drug-likeness (QED) is 0.666. The summed E-state index contributed by atoms with van der Waals surface area (Å²) in [6, 6.07) is 7.22. The van der Waals surface area contributed by atoms with Gasteiger partial charge in [0.2, 0.25) is 0 Å². The third kappa shape index (κ3) is 2.50. The van der Waals surface area contributed by atoms with Crippen molar-refractivity contribution in [2.24, 2.45) is 5.16 Å². The Morgan fingerprint density at radius 2 is 1.90 bits per heavy atom. The Balaban J connectivity index is 1.64. The number of nitrogens with zero attached hydrogens (tertiary/aromatic N) is 3. The number of benzene rings is 1. The summed E-state index contributed by atoms with van der Waals surface area (Å²) in [5.41, 5.74) is 1.60. The minimum atomic E-state index is -0.153. The number of oxime groups is 1. The molecule has 0 aromatic heterocycles. The van der Waals surface area contributed by atoms with Crippen molar-refractivity contribution < 1.29 is 9.60 Å². The summed E-state index contributed by atoms with van der Waals surface area (Å²) in [7, 11) is 0. The number of anilines is 1. The van der Waals surface area contributed by atoms with E-state index in [1.165, 1.54) is 6.07 Å². The number of hydrogen-bond acceptors (Lipinski definition) is 4. The van der Waals surface area contributed by atoms with Crippen LogP contribution in [0.2, 0.25) is 0 Å². The van der Waals surface area contributed by atoms with Gasteiger partial charge in [0.25, 0.3) is 0 Å². The average molecular weight is 277 g/mol. The van der Waals surface area contributed by atoms with Gasteiger partial charge in [-0.25, -0.2) is 4.39 Å². The molecule has 1 aromatic carbocycles. The first kappa shape index (κ1) is 13.4. The van der Waals surface area contributed by atoms with E-state index in [-0.39, 0.29) is 11.9 Å². The molecule has 0 spiro atoms. The van der Waals surface area contributed by atoms with Crippen LogP contribution in [0.15, 0.2) is 29.4 Å². The Bertz CT molecular complexity index is 498. The lowest BCUT2D eigenvalue weighted by Crippen LogP contribution is -2.51. The second-order valence-corrected chi connectivity index (χ2v) is 5.47. The Morgan fingerprint density at radius 3 is 2.60 bits per heavy atom. The molecule has 1 saturated heterocycles. The minimum absolute atomic E-state index is 0.153. The van der Waals surface area contributed by atoms with Crippen LogP contribution in [0.1, 0.15) is 19.3 Å². The van der Waals surface area contributed by atoms with Crippen molar-refractivity contribution in [2.45, 2.75) is 25.3 Å². The monoisotopic (exact) mass is 277 g/mol. The highest BCUT2D eigenvalue weighted by Crippen LogP contribution is 2.25. The summed E-state index contributed by atoms with van der Waals surface area (Å²) >= 11 is 0. The fourth-order valence-electron chi connectivity index (χ4n) is 3.30. The molecule has 1 saturated carbocycles. The number of hydrogen-bond donors (Lipinski definition) is 1. The Kier molecular flexibility index (Phi) is 3.87. The molecule has 108 valence electrons. The van der Waals surface area contributed by atoms with Crippen molar-refractivity contribution in [3.8, 4) is 0 Å². The van der Waals surface area contributed by atoms with E-state index >= 15 is 0 Å². The van der Waals surface area contributed by atoms with Gasteiger partial charge in [-0.15, -0.1) is 0 Å². The van der Waals surface area contributed by atoms with E-state index in [2.05, 4.69) is 15.0 Å². The number of para-hydroxylation sites is 1. The fourth-order valence-corrected chi connectivity index (χ4v) is 3.30. The van der Waals surface area contributed by atoms with Crippen LogP contribution in [0.4, 0.5) is 10.1 Å². The van der Waals surface area contributed by atoms with E-state index in [1.54, 1.807) is 6.07 Å². The number of rotatable bonds is 2. The summed E-state index contributed by atoms with van der Waals surface area (Å²) < 4.78 is 13.8. The third-order valence-electron chi connectivity index (χ3n) is 4.37. The molecule has 3 rings (SSSR count). The van der Waals surface area contributed by atoms with Gasteiger partial charge in [0.15, 0.2) is 0 Å². The van der Waals surface area contributed by atoms with E-state index in [4.69, 9.17) is 5.21 Å². The summed E-state index contributed by atoms with van der Waals surface area (Å²) in [5, 5.41) is 12.5. The molecule has 2 aliphatic rings. The molecule has 0 radical (unpaired) electrons. The predicted molar refractivity (Wildman–Crippen MR) is 77.0 cm³/mol. The van der Waals surface area contributed by atoms with Crippen molar-refractivity contribution >= 4 is 11.4 Å². The minimum Gasteiger partial charge on any atom is -0.411 e. The maximum Gasteiger partial charge on any atom is 0.146 e. The second kappa shape index (κ2) is 5.79. The van der Waals surface area contributed by atoms with Gasteiger partial charge in [-0.2, -0.15) is 0 Å². The van der Waals surface area contributed by atoms with E-state index in [1.807, 2.05) is 12.1 Å². The predicted octanol–water partition coefficient (Wildman–Crippen LogP) is 2.33. The van der Waals surface area contributed by atoms with Crippen molar-refractivity contribution in [3.05, 3.63) is 30.1 Å². The van der Waals surface area contributed by atoms with Crippen LogP contribution < -0.4 is 4.90 Å². The maximum absolute atomic E-state index is 13.8. The lowest BCUT2D eigenvalue weighted by atomic mass is 10.1. The van der Waals surface area contributed by atoms with Gasteiger partial charge in [-0.05, 0) is 31.4 Å². The van der Waals surface area contributed by atoms with Crippen molar-refractivity contribution in [1.29, 1.82) is 0 Å². The molecule has 0 bridgehead atoms. The van der Waals surface area contributed by atoms with Gasteiger partial charge in [0, 0.05) is 26.2 Å². The van der Waals surface area contributed by atoms with Gasteiger partial charge >= 0.3 is 0 Å². The third-order valence-corrected chi connectivity index (χ3v) is 4.37. The molecule has 1 aliphatic carbocycles. The average Bonchev–Trinajstić information content (AvgIpc) is 2.96. The van der Waals surface area contributed by atoms with Crippen LogP contribution in [-0.4, -0.2) is 48.0 Å². The molecule has 0 unspecified atom stereocenters. The first-order chi connectivity index (χ1) is 9.79. The van der Waals surface area contributed by atoms with Gasteiger partial charge in [-0.3, -0.25) is 4.90 Å². The van der Waals surface area contributed by atoms with Crippen LogP contribution in [0, 0.1) is 5.82 Å². The van der Waals surface area contributed by atoms with Crippen LogP contribution in [0.3, 0.4) is 0 Å². The molecule has 5 heteroatoms. The first-order valence-electron chi connectivity index (χ1n) is 7.24. The second-order valence-electron chi connectivity index (χ2n) is 5.47. The van der Waals surface area contributed by atoms with Crippen LogP contribution in [0.5, 0.6) is 0 Å². The molecular formula is C15H20FN3O. The van der Waals surface area contributed by atoms with E-state index in [0.717, 1.165) is 51.2 Å². The van der Waals surface area contributed by atoms with Gasteiger partial charge in [0.05, 0.1) is 17.4 Å². The zero-order chi connectivity index (χ0) is 13.9. The Labute approximate surface area is 118 Å². The maximum atomic E-state index is 13.8. The zero-order valence-corrected chi connectivity index (χ0v) is 11.5. The molecule has 20 heavy (non-hydrogen) atoms. The SMILES string of the molecule is O/N=C1\CCC[C@@H]1N1CCN(c2ccccc2F)CC1. The largest absolute Gasteiger partial charge is 0.411 e. The zero-order valence-electron chi connectivity index (χ0n) is 11.5. The van der Waals surface area contributed by atoms with E-state index < -0.39 is 0 Å². The summed E-state index contributed by atoms with van der Waals surface area (Å²) in [6.07, 6.45) is 3.06. The fraction of sp³-hybridized carbons (Fsp3) is 0.533. The van der Waals surface area contributed by atoms with Crippen molar-refractivity contribution in [2.75, 3.05) is 31.1 Å². The summed E-state index contributed by atoms with van der Waals surface area (Å²) in [6.45, 7) is 3.41. The molecule has 1 atom stereocenters. The molecule has 4 nitrogen and oxygen atoms in total. The Hall–Kier alpha value is -1.62. The number of halogens is 1. The smallest absolute Gasteiger partial charge is 0.146 e. The van der Waals surface area contributed by atoms with Crippen LogP contribution in [0.25, 0.3) is 0 Å². The lowest BCUT2D eigenvalue weighted by Gasteiger charge is -2.39. The normalized spacial score (nSPS) is 26.4. The first-order valence-corrected chi connectivity index (χ1v) is 7.24. The Morgan fingerprint density at radius 1 is 1.15 bits per heavy atom. The molecule has 2 fully saturated rings. The standard InChI is InChI=1S/C15H20FN3O/c16-12-4-1-2-6-14(12)18-8-10-19(11-9-18)15-7-3-5-13(15)17-20/h1-2,4,6,15,20H,3,5,7-11H2/b17-13+/t15-/m0/s1. The topological polar surface area (TPSA) is 39.1 Å².